The molecule has 114 valence electrons. The van der Waals surface area contributed by atoms with Crippen LogP contribution in [0, 0.1) is 6.92 Å². The summed E-state index contributed by atoms with van der Waals surface area (Å²) >= 11 is 7.32. The molecule has 0 bridgehead atoms. The van der Waals surface area contributed by atoms with Crippen LogP contribution in [-0.2, 0) is 12.4 Å². The van der Waals surface area contributed by atoms with Crippen LogP contribution in [0.15, 0.2) is 23.6 Å². The van der Waals surface area contributed by atoms with Crippen molar-refractivity contribution in [1.82, 2.24) is 9.88 Å². The fourth-order valence-electron chi connectivity index (χ4n) is 2.10. The predicted octanol–water partition coefficient (Wildman–Crippen LogP) is 4.55. The summed E-state index contributed by atoms with van der Waals surface area (Å²) in [6, 6.07) is 6.01. The first-order valence-corrected chi connectivity index (χ1v) is 7.98. The Bertz CT molecular complexity index is 601. The van der Waals surface area contributed by atoms with Crippen LogP contribution in [0.3, 0.4) is 0 Å². The van der Waals surface area contributed by atoms with E-state index in [1.165, 1.54) is 0 Å². The molecule has 0 fully saturated rings. The highest BCUT2D eigenvalue weighted by molar-refractivity contribution is 7.13. The third-order valence-electron chi connectivity index (χ3n) is 3.17. The Labute approximate surface area is 132 Å². The van der Waals surface area contributed by atoms with Crippen molar-refractivity contribution in [3.05, 3.63) is 40.4 Å². The number of benzene rings is 1. The Morgan fingerprint density at radius 2 is 2.14 bits per heavy atom. The molecule has 1 heterocycles. The molecule has 2 aromatic rings. The van der Waals surface area contributed by atoms with Crippen molar-refractivity contribution >= 4 is 22.9 Å². The van der Waals surface area contributed by atoms with Crippen LogP contribution < -0.4 is 0 Å². The molecular weight excluding hydrogens is 314 g/mol. The molecule has 0 aliphatic carbocycles. The van der Waals surface area contributed by atoms with Crippen LogP contribution in [0.25, 0.3) is 10.6 Å². The largest absolute Gasteiger partial charge is 0.297 e. The zero-order chi connectivity index (χ0) is 15.4. The lowest BCUT2D eigenvalue weighted by Gasteiger charge is -2.17. The molecule has 0 N–H and O–H groups in total. The molecular formula is C15H17ClF2N2S. The Morgan fingerprint density at radius 1 is 1.38 bits per heavy atom. The van der Waals surface area contributed by atoms with Gasteiger partial charge in [0.15, 0.2) is 0 Å². The van der Waals surface area contributed by atoms with Gasteiger partial charge in [-0.2, -0.15) is 0 Å². The van der Waals surface area contributed by atoms with E-state index in [0.717, 1.165) is 27.4 Å². The van der Waals surface area contributed by atoms with E-state index in [2.05, 4.69) is 4.98 Å². The molecule has 0 aliphatic heterocycles. The second-order valence-electron chi connectivity index (χ2n) is 5.01. The topological polar surface area (TPSA) is 16.1 Å². The van der Waals surface area contributed by atoms with Crippen molar-refractivity contribution in [2.75, 3.05) is 13.6 Å². The van der Waals surface area contributed by atoms with E-state index in [1.807, 2.05) is 30.5 Å². The minimum atomic E-state index is -2.31. The van der Waals surface area contributed by atoms with Gasteiger partial charge in [0.05, 0.1) is 18.1 Å². The molecule has 1 aromatic heterocycles. The fourth-order valence-corrected chi connectivity index (χ4v) is 3.14. The second-order valence-corrected chi connectivity index (χ2v) is 6.13. The van der Waals surface area contributed by atoms with Crippen LogP contribution in [0.5, 0.6) is 0 Å². The maximum Gasteiger partial charge on any atom is 0.251 e. The Morgan fingerprint density at radius 3 is 2.71 bits per heavy atom. The summed E-state index contributed by atoms with van der Waals surface area (Å²) in [5.74, 6) is 0.409. The molecule has 0 aliphatic rings. The fraction of sp³-hybridized carbons (Fsp3) is 0.400. The Kier molecular flexibility index (Phi) is 5.67. The minimum Gasteiger partial charge on any atom is -0.297 e. The number of alkyl halides is 3. The number of aryl methyl sites for hydroxylation is 1. The van der Waals surface area contributed by atoms with E-state index in [4.69, 9.17) is 11.6 Å². The quantitative estimate of drug-likeness (QED) is 0.722. The van der Waals surface area contributed by atoms with Crippen molar-refractivity contribution in [2.45, 2.75) is 25.8 Å². The van der Waals surface area contributed by atoms with Gasteiger partial charge in [-0.1, -0.05) is 12.1 Å². The molecule has 1 aromatic carbocycles. The number of hydrogen-bond donors (Lipinski definition) is 0. The van der Waals surface area contributed by atoms with Crippen LogP contribution in [0.2, 0.25) is 0 Å². The SMILES string of the molecule is Cc1cc(-c2nc(CCl)cs2)ccc1CN(C)CC(F)F. The van der Waals surface area contributed by atoms with Gasteiger partial charge >= 0.3 is 0 Å². The van der Waals surface area contributed by atoms with Gasteiger partial charge in [-0.3, -0.25) is 4.90 Å². The van der Waals surface area contributed by atoms with E-state index in [0.29, 0.717) is 12.4 Å². The highest BCUT2D eigenvalue weighted by atomic mass is 35.5. The van der Waals surface area contributed by atoms with Crippen molar-refractivity contribution in [3.8, 4) is 10.6 Å². The number of nitrogens with zero attached hydrogens (tertiary/aromatic N) is 2. The Hall–Kier alpha value is -1.04. The summed E-state index contributed by atoms with van der Waals surface area (Å²) in [7, 11) is 1.70. The molecule has 0 unspecified atom stereocenters. The van der Waals surface area contributed by atoms with E-state index >= 15 is 0 Å². The summed E-state index contributed by atoms with van der Waals surface area (Å²) in [6.07, 6.45) is -2.31. The number of aromatic nitrogens is 1. The third kappa shape index (κ3) is 4.46. The third-order valence-corrected chi connectivity index (χ3v) is 4.38. The van der Waals surface area contributed by atoms with E-state index < -0.39 is 6.43 Å². The number of halogens is 3. The number of hydrogen-bond acceptors (Lipinski definition) is 3. The molecule has 0 saturated heterocycles. The first kappa shape index (κ1) is 16.3. The predicted molar refractivity (Wildman–Crippen MR) is 84.2 cm³/mol. The molecule has 2 nitrogen and oxygen atoms in total. The lowest BCUT2D eigenvalue weighted by Crippen LogP contribution is -2.24. The summed E-state index contributed by atoms with van der Waals surface area (Å²) in [5, 5.41) is 2.88. The average molecular weight is 331 g/mol. The molecule has 0 spiro atoms. The molecule has 0 atom stereocenters. The van der Waals surface area contributed by atoms with Crippen molar-refractivity contribution in [2.24, 2.45) is 0 Å². The van der Waals surface area contributed by atoms with Crippen LogP contribution >= 0.6 is 22.9 Å². The first-order chi connectivity index (χ1) is 9.99. The summed E-state index contributed by atoms with van der Waals surface area (Å²) < 4.78 is 24.7. The minimum absolute atomic E-state index is 0.216. The Balaban J connectivity index is 2.13. The van der Waals surface area contributed by atoms with Crippen LogP contribution in [-0.4, -0.2) is 29.9 Å². The standard InChI is InChI=1S/C15H17ClF2N2S/c1-10-5-11(15-19-13(6-16)9-21-15)3-4-12(10)7-20(2)8-14(17)18/h3-5,9,14H,6-8H2,1-2H3. The highest BCUT2D eigenvalue weighted by Crippen LogP contribution is 2.26. The van der Waals surface area contributed by atoms with Gasteiger partial charge in [0.2, 0.25) is 0 Å². The van der Waals surface area contributed by atoms with Crippen LogP contribution in [0.1, 0.15) is 16.8 Å². The summed E-state index contributed by atoms with van der Waals surface area (Å²) in [5.41, 5.74) is 4.04. The first-order valence-electron chi connectivity index (χ1n) is 6.56. The van der Waals surface area contributed by atoms with E-state index in [1.54, 1.807) is 23.3 Å². The smallest absolute Gasteiger partial charge is 0.251 e. The van der Waals surface area contributed by atoms with Gasteiger partial charge < -0.3 is 0 Å². The summed E-state index contributed by atoms with van der Waals surface area (Å²) in [4.78, 5) is 6.07. The van der Waals surface area contributed by atoms with E-state index in [-0.39, 0.29) is 6.54 Å². The van der Waals surface area contributed by atoms with E-state index in [9.17, 15) is 8.78 Å². The molecule has 2 rings (SSSR count). The molecule has 0 saturated carbocycles. The average Bonchev–Trinajstić information content (AvgIpc) is 2.89. The van der Waals surface area contributed by atoms with Gasteiger partial charge in [-0.25, -0.2) is 13.8 Å². The molecule has 21 heavy (non-hydrogen) atoms. The van der Waals surface area contributed by atoms with Gasteiger partial charge in [-0.05, 0) is 31.2 Å². The van der Waals surface area contributed by atoms with Gasteiger partial charge in [0.25, 0.3) is 6.43 Å². The number of rotatable bonds is 6. The van der Waals surface area contributed by atoms with Gasteiger partial charge in [0.1, 0.15) is 5.01 Å². The normalized spacial score (nSPS) is 11.6. The molecule has 6 heteroatoms. The lowest BCUT2D eigenvalue weighted by atomic mass is 10.0. The summed E-state index contributed by atoms with van der Waals surface area (Å²) in [6.45, 7) is 2.29. The highest BCUT2D eigenvalue weighted by Gasteiger charge is 2.11. The lowest BCUT2D eigenvalue weighted by molar-refractivity contribution is 0.0975. The molecule has 0 radical (unpaired) electrons. The van der Waals surface area contributed by atoms with Gasteiger partial charge in [0, 0.05) is 17.5 Å². The number of thiazole rings is 1. The van der Waals surface area contributed by atoms with Gasteiger partial charge in [-0.15, -0.1) is 22.9 Å². The van der Waals surface area contributed by atoms with Crippen LogP contribution in [0.4, 0.5) is 8.78 Å². The molecule has 0 amide bonds. The second kappa shape index (κ2) is 7.29. The maximum atomic E-state index is 12.4. The zero-order valence-electron chi connectivity index (χ0n) is 11.9. The zero-order valence-corrected chi connectivity index (χ0v) is 13.5. The monoisotopic (exact) mass is 330 g/mol. The maximum absolute atomic E-state index is 12.4. The van der Waals surface area contributed by atoms with Crippen molar-refractivity contribution < 1.29 is 8.78 Å². The van der Waals surface area contributed by atoms with Crippen molar-refractivity contribution in [3.63, 3.8) is 0 Å². The van der Waals surface area contributed by atoms with Crippen molar-refractivity contribution in [1.29, 1.82) is 0 Å².